The highest BCUT2D eigenvalue weighted by Gasteiger charge is 2.36. The summed E-state index contributed by atoms with van der Waals surface area (Å²) in [5.41, 5.74) is 1.38. The zero-order chi connectivity index (χ0) is 37.8. The number of aromatic nitrogens is 4. The fourth-order valence-electron chi connectivity index (χ4n) is 6.71. The van der Waals surface area contributed by atoms with Crippen LogP contribution in [0.1, 0.15) is 63.9 Å². The third-order valence-corrected chi connectivity index (χ3v) is 12.6. The molecule has 5 aromatic rings. The molecule has 0 aliphatic rings. The molecular weight excluding hydrogens is 707 g/mol. The Morgan fingerprint density at radius 1 is 1.06 bits per heavy atom. The monoisotopic (exact) mass is 752 g/mol. The predicted molar refractivity (Wildman–Crippen MR) is 200 cm³/mol. The zero-order valence-electron chi connectivity index (χ0n) is 30.4. The molecule has 5 rings (SSSR count). The van der Waals surface area contributed by atoms with Crippen LogP contribution in [0.3, 0.4) is 0 Å². The van der Waals surface area contributed by atoms with Gasteiger partial charge in [-0.15, -0.1) is 0 Å². The number of halogens is 2. The second kappa shape index (κ2) is 15.9. The molecule has 0 bridgehead atoms. The molecule has 52 heavy (non-hydrogen) atoms. The van der Waals surface area contributed by atoms with E-state index in [4.69, 9.17) is 14.8 Å². The Morgan fingerprint density at radius 2 is 1.83 bits per heavy atom. The molecule has 2 atom stereocenters. The Hall–Kier alpha value is -4.07. The SMILES string of the molecule is COC(=O)[C@@H](C)Cc1cccc([C@@](C)(CCCC(C)(C)CS(=O)(=O)CCO)c2nc(-c3cc(Sc4cc5cc[nH]c5cc4F)ccc3F)n(C)n2)c1. The number of nitrogens with one attached hydrogen (secondary N) is 1. The van der Waals surface area contributed by atoms with Crippen molar-refractivity contribution < 1.29 is 31.8 Å². The van der Waals surface area contributed by atoms with E-state index in [0.29, 0.717) is 52.6 Å². The van der Waals surface area contributed by atoms with Gasteiger partial charge < -0.3 is 14.8 Å². The van der Waals surface area contributed by atoms with Gasteiger partial charge in [0.25, 0.3) is 0 Å². The summed E-state index contributed by atoms with van der Waals surface area (Å²) in [6.45, 7) is 7.22. The lowest BCUT2D eigenvalue weighted by Crippen LogP contribution is -2.29. The van der Waals surface area contributed by atoms with E-state index in [1.54, 1.807) is 36.1 Å². The lowest BCUT2D eigenvalue weighted by molar-refractivity contribution is -0.144. The van der Waals surface area contributed by atoms with Gasteiger partial charge in [-0.3, -0.25) is 4.79 Å². The first kappa shape index (κ1) is 39.1. The van der Waals surface area contributed by atoms with Gasteiger partial charge in [-0.05, 0) is 79.1 Å². The standard InChI is InChI=1S/C39H46F2N4O5S2/c1-25(36(47)50-6)19-26-9-7-10-28(20-26)39(4,15-8-14-38(2,3)24-52(48,49)18-17-46)37-43-35(45(5)44-37)30-22-29(11-12-31(30)40)51-34-21-27-13-16-42-33(27)23-32(34)41/h7,9-13,16,20-23,25,42,46H,8,14-15,17-19,24H2,1-6H3/t25-,39+/m0/s1. The Morgan fingerprint density at radius 3 is 2.56 bits per heavy atom. The van der Waals surface area contributed by atoms with Crippen molar-refractivity contribution in [2.45, 2.75) is 68.6 Å². The summed E-state index contributed by atoms with van der Waals surface area (Å²) >= 11 is 1.19. The number of benzene rings is 3. The van der Waals surface area contributed by atoms with Crippen molar-refractivity contribution in [3.05, 3.63) is 95.4 Å². The molecule has 0 saturated heterocycles. The number of nitrogens with zero attached hydrogens (tertiary/aromatic N) is 3. The van der Waals surface area contributed by atoms with Crippen LogP contribution in [0, 0.1) is 23.0 Å². The summed E-state index contributed by atoms with van der Waals surface area (Å²) in [7, 11) is -0.362. The van der Waals surface area contributed by atoms with E-state index in [1.807, 2.05) is 58.0 Å². The number of aliphatic hydroxyl groups is 1. The summed E-state index contributed by atoms with van der Waals surface area (Å²) in [4.78, 5) is 21.2. The van der Waals surface area contributed by atoms with Gasteiger partial charge in [0.15, 0.2) is 21.5 Å². The van der Waals surface area contributed by atoms with Crippen LogP contribution in [0.25, 0.3) is 22.3 Å². The number of carbonyl (C=O) groups excluding carboxylic acids is 1. The first-order chi connectivity index (χ1) is 24.5. The van der Waals surface area contributed by atoms with Gasteiger partial charge in [0.05, 0.1) is 42.1 Å². The molecule has 9 nitrogen and oxygen atoms in total. The number of sulfone groups is 1. The minimum absolute atomic E-state index is 0.0548. The number of hydrogen-bond donors (Lipinski definition) is 2. The average molecular weight is 753 g/mol. The number of methoxy groups -OCH3 is 1. The van der Waals surface area contributed by atoms with Crippen LogP contribution >= 0.6 is 11.8 Å². The summed E-state index contributed by atoms with van der Waals surface area (Å²) in [6.07, 6.45) is 3.94. The van der Waals surface area contributed by atoms with Crippen molar-refractivity contribution in [2.24, 2.45) is 18.4 Å². The van der Waals surface area contributed by atoms with E-state index in [-0.39, 0.29) is 34.8 Å². The van der Waals surface area contributed by atoms with Gasteiger partial charge in [-0.2, -0.15) is 5.10 Å². The van der Waals surface area contributed by atoms with Gasteiger partial charge in [-0.25, -0.2) is 26.9 Å². The predicted octanol–water partition coefficient (Wildman–Crippen LogP) is 7.65. The van der Waals surface area contributed by atoms with E-state index in [0.717, 1.165) is 16.5 Å². The molecule has 0 amide bonds. The third kappa shape index (κ3) is 9.10. The molecule has 3 aromatic carbocycles. The van der Waals surface area contributed by atoms with Crippen LogP contribution in [0.5, 0.6) is 0 Å². The highest BCUT2D eigenvalue weighted by atomic mass is 32.2. The van der Waals surface area contributed by atoms with Gasteiger partial charge in [0.2, 0.25) is 0 Å². The molecule has 0 fully saturated rings. The molecule has 0 unspecified atom stereocenters. The van der Waals surface area contributed by atoms with Crippen molar-refractivity contribution in [3.63, 3.8) is 0 Å². The number of aliphatic hydroxyl groups excluding tert-OH is 1. The molecule has 2 N–H and O–H groups in total. The van der Waals surface area contributed by atoms with Crippen LogP contribution in [-0.2, 0) is 38.3 Å². The Labute approximate surface area is 308 Å². The minimum Gasteiger partial charge on any atom is -0.469 e. The quantitative estimate of drug-likeness (QED) is 0.0985. The molecule has 13 heteroatoms. The highest BCUT2D eigenvalue weighted by Crippen LogP contribution is 2.40. The average Bonchev–Trinajstić information content (AvgIpc) is 3.70. The van der Waals surface area contributed by atoms with Crippen molar-refractivity contribution in [1.29, 1.82) is 0 Å². The summed E-state index contributed by atoms with van der Waals surface area (Å²) in [5, 5.41) is 14.9. The second-order valence-corrected chi connectivity index (χ2v) is 17.8. The Kier molecular flexibility index (Phi) is 12.0. The minimum atomic E-state index is -3.43. The smallest absolute Gasteiger partial charge is 0.308 e. The first-order valence-electron chi connectivity index (χ1n) is 17.2. The number of hydrogen-bond acceptors (Lipinski definition) is 8. The van der Waals surface area contributed by atoms with Crippen molar-refractivity contribution in [1.82, 2.24) is 19.7 Å². The Bertz CT molecular complexity index is 2160. The van der Waals surface area contributed by atoms with E-state index < -0.39 is 33.1 Å². The molecule has 278 valence electrons. The van der Waals surface area contributed by atoms with Crippen LogP contribution in [0.15, 0.2) is 76.7 Å². The second-order valence-electron chi connectivity index (χ2n) is 14.5. The van der Waals surface area contributed by atoms with Gasteiger partial charge in [-0.1, -0.05) is 63.2 Å². The maximum Gasteiger partial charge on any atom is 0.308 e. The van der Waals surface area contributed by atoms with Crippen LogP contribution in [0.4, 0.5) is 8.78 Å². The maximum absolute atomic E-state index is 15.6. The Balaban J connectivity index is 1.50. The largest absolute Gasteiger partial charge is 0.469 e. The zero-order valence-corrected chi connectivity index (χ0v) is 32.0. The first-order valence-corrected chi connectivity index (χ1v) is 19.8. The van der Waals surface area contributed by atoms with Crippen LogP contribution < -0.4 is 0 Å². The fourth-order valence-corrected chi connectivity index (χ4v) is 9.38. The summed E-state index contributed by atoms with van der Waals surface area (Å²) in [5.74, 6) is -1.14. The summed E-state index contributed by atoms with van der Waals surface area (Å²) < 4.78 is 62.2. The van der Waals surface area contributed by atoms with Crippen molar-refractivity contribution in [3.8, 4) is 11.4 Å². The molecule has 0 aliphatic heterocycles. The number of fused-ring (bicyclic) bond motifs is 1. The number of aryl methyl sites for hydroxylation is 1. The molecule has 2 aromatic heterocycles. The number of esters is 1. The normalized spacial score (nSPS) is 14.0. The molecule has 0 saturated carbocycles. The van der Waals surface area contributed by atoms with Crippen LogP contribution in [0.2, 0.25) is 0 Å². The van der Waals surface area contributed by atoms with Crippen molar-refractivity contribution >= 4 is 38.5 Å². The molecule has 0 radical (unpaired) electrons. The lowest BCUT2D eigenvalue weighted by Gasteiger charge is -2.30. The van der Waals surface area contributed by atoms with E-state index in [9.17, 15) is 22.7 Å². The number of carbonyl (C=O) groups is 1. The van der Waals surface area contributed by atoms with E-state index in [2.05, 4.69) is 4.98 Å². The van der Waals surface area contributed by atoms with Gasteiger partial charge in [0, 0.05) is 33.9 Å². The molecule has 2 heterocycles. The topological polar surface area (TPSA) is 127 Å². The number of H-pyrrole nitrogens is 1. The molecule has 0 aliphatic carbocycles. The number of aromatic amines is 1. The molecule has 0 spiro atoms. The fraction of sp³-hybridized carbons (Fsp3) is 0.410. The molecular formula is C39H46F2N4O5S2. The van der Waals surface area contributed by atoms with E-state index in [1.165, 1.54) is 31.0 Å². The lowest BCUT2D eigenvalue weighted by atomic mass is 9.75. The summed E-state index contributed by atoms with van der Waals surface area (Å²) in [6, 6.07) is 17.5. The van der Waals surface area contributed by atoms with Gasteiger partial charge in [0.1, 0.15) is 11.6 Å². The third-order valence-electron chi connectivity index (χ3n) is 9.52. The van der Waals surface area contributed by atoms with Crippen molar-refractivity contribution in [2.75, 3.05) is 25.2 Å². The van der Waals surface area contributed by atoms with Crippen LogP contribution in [-0.4, -0.2) is 64.5 Å². The highest BCUT2D eigenvalue weighted by molar-refractivity contribution is 7.99. The van der Waals surface area contributed by atoms with Gasteiger partial charge >= 0.3 is 5.97 Å². The number of rotatable bonds is 16. The maximum atomic E-state index is 15.6. The number of ether oxygens (including phenoxy) is 1. The van der Waals surface area contributed by atoms with E-state index >= 15 is 4.39 Å².